The first-order chi connectivity index (χ1) is 14.0. The molecule has 2 heterocycles. The number of rotatable bonds is 8. The highest BCUT2D eigenvalue weighted by Crippen LogP contribution is 2.26. The van der Waals surface area contributed by atoms with Crippen molar-refractivity contribution in [1.82, 2.24) is 14.2 Å². The number of aromatic nitrogens is 1. The second kappa shape index (κ2) is 9.98. The van der Waals surface area contributed by atoms with Crippen LogP contribution in [0, 0.1) is 5.92 Å². The average Bonchev–Trinajstić information content (AvgIpc) is 2.77. The maximum Gasteiger partial charge on any atom is 0.243 e. The molecule has 1 aromatic carbocycles. The molecule has 6 nitrogen and oxygen atoms in total. The summed E-state index contributed by atoms with van der Waals surface area (Å²) in [5.41, 5.74) is 1.06. The smallest absolute Gasteiger partial charge is 0.243 e. The van der Waals surface area contributed by atoms with Gasteiger partial charge in [-0.2, -0.15) is 4.31 Å². The van der Waals surface area contributed by atoms with Crippen LogP contribution >= 0.6 is 0 Å². The van der Waals surface area contributed by atoms with Crippen molar-refractivity contribution in [3.05, 3.63) is 60.4 Å². The highest BCUT2D eigenvalue weighted by atomic mass is 32.2. The third kappa shape index (κ3) is 5.64. The van der Waals surface area contributed by atoms with Crippen LogP contribution in [0.3, 0.4) is 0 Å². The molecule has 1 fully saturated rings. The lowest BCUT2D eigenvalue weighted by molar-refractivity contribution is -0.132. The van der Waals surface area contributed by atoms with Crippen molar-refractivity contribution in [3.63, 3.8) is 0 Å². The Bertz CT molecular complexity index is 888. The van der Waals surface area contributed by atoms with Crippen molar-refractivity contribution >= 4 is 15.9 Å². The number of benzene rings is 1. The molecule has 29 heavy (non-hydrogen) atoms. The fourth-order valence-electron chi connectivity index (χ4n) is 3.79. The molecule has 0 bridgehead atoms. The molecule has 0 aliphatic carbocycles. The third-order valence-electron chi connectivity index (χ3n) is 5.49. The van der Waals surface area contributed by atoms with Crippen LogP contribution in [0.5, 0.6) is 0 Å². The van der Waals surface area contributed by atoms with Gasteiger partial charge >= 0.3 is 0 Å². The molecular formula is C22H29N3O3S. The Morgan fingerprint density at radius 2 is 1.90 bits per heavy atom. The Kier molecular flexibility index (Phi) is 7.39. The predicted octanol–water partition coefficient (Wildman–Crippen LogP) is 3.31. The van der Waals surface area contributed by atoms with Gasteiger partial charge < -0.3 is 4.90 Å². The molecule has 156 valence electrons. The zero-order valence-corrected chi connectivity index (χ0v) is 17.7. The first-order valence-corrected chi connectivity index (χ1v) is 11.7. The number of carbonyl (C=O) groups is 1. The minimum Gasteiger partial charge on any atom is -0.339 e. The fourth-order valence-corrected chi connectivity index (χ4v) is 5.37. The number of hydrogen-bond donors (Lipinski definition) is 0. The molecule has 1 aromatic heterocycles. The predicted molar refractivity (Wildman–Crippen MR) is 112 cm³/mol. The number of hydrogen-bond acceptors (Lipinski definition) is 4. The van der Waals surface area contributed by atoms with E-state index in [1.807, 2.05) is 30.0 Å². The first-order valence-electron chi connectivity index (χ1n) is 10.2. The quantitative estimate of drug-likeness (QED) is 0.663. The molecular weight excluding hydrogens is 386 g/mol. The lowest BCUT2D eigenvalue weighted by Crippen LogP contribution is -2.40. The fraction of sp³-hybridized carbons (Fsp3) is 0.455. The van der Waals surface area contributed by atoms with E-state index in [9.17, 15) is 13.2 Å². The number of nitrogens with zero attached hydrogens (tertiary/aromatic N) is 3. The van der Waals surface area contributed by atoms with Crippen LogP contribution in [-0.4, -0.2) is 48.1 Å². The topological polar surface area (TPSA) is 70.6 Å². The normalized spacial score (nSPS) is 17.8. The van der Waals surface area contributed by atoms with Crippen molar-refractivity contribution in [3.8, 4) is 0 Å². The van der Waals surface area contributed by atoms with Gasteiger partial charge in [0.1, 0.15) is 0 Å². The monoisotopic (exact) mass is 415 g/mol. The van der Waals surface area contributed by atoms with E-state index in [1.54, 1.807) is 41.0 Å². The zero-order valence-electron chi connectivity index (χ0n) is 16.9. The van der Waals surface area contributed by atoms with E-state index in [0.717, 1.165) is 18.4 Å². The minimum atomic E-state index is -3.46. The summed E-state index contributed by atoms with van der Waals surface area (Å²) in [6.07, 6.45) is 6.42. The van der Waals surface area contributed by atoms with Gasteiger partial charge in [0.2, 0.25) is 15.9 Å². The van der Waals surface area contributed by atoms with Crippen molar-refractivity contribution in [1.29, 1.82) is 0 Å². The second-order valence-electron chi connectivity index (χ2n) is 7.49. The van der Waals surface area contributed by atoms with Gasteiger partial charge in [-0.05, 0) is 61.9 Å². The van der Waals surface area contributed by atoms with Crippen LogP contribution in [0.15, 0.2) is 59.8 Å². The summed E-state index contributed by atoms with van der Waals surface area (Å²) in [6, 6.07) is 12.4. The largest absolute Gasteiger partial charge is 0.339 e. The van der Waals surface area contributed by atoms with Gasteiger partial charge in [0, 0.05) is 45.0 Å². The first kappa shape index (κ1) is 21.5. The maximum atomic E-state index is 12.9. The molecule has 0 saturated carbocycles. The van der Waals surface area contributed by atoms with Gasteiger partial charge in [-0.3, -0.25) is 9.78 Å². The molecule has 0 N–H and O–H groups in total. The van der Waals surface area contributed by atoms with Gasteiger partial charge in [0.05, 0.1) is 4.90 Å². The Hall–Kier alpha value is -2.25. The van der Waals surface area contributed by atoms with Gasteiger partial charge in [0.25, 0.3) is 0 Å². The molecule has 1 atom stereocenters. The van der Waals surface area contributed by atoms with Crippen molar-refractivity contribution in [2.75, 3.05) is 19.6 Å². The zero-order chi connectivity index (χ0) is 20.7. The average molecular weight is 416 g/mol. The number of piperidine rings is 1. The Labute approximate surface area is 173 Å². The summed E-state index contributed by atoms with van der Waals surface area (Å²) in [6.45, 7) is 4.25. The minimum absolute atomic E-state index is 0.118. The number of sulfonamides is 1. The summed E-state index contributed by atoms with van der Waals surface area (Å²) in [4.78, 5) is 18.9. The van der Waals surface area contributed by atoms with E-state index in [2.05, 4.69) is 4.98 Å². The highest BCUT2D eigenvalue weighted by molar-refractivity contribution is 7.89. The van der Waals surface area contributed by atoms with Gasteiger partial charge in [-0.25, -0.2) is 8.42 Å². The molecule has 0 radical (unpaired) electrons. The van der Waals surface area contributed by atoms with Crippen molar-refractivity contribution in [2.45, 2.75) is 44.0 Å². The maximum absolute atomic E-state index is 12.9. The van der Waals surface area contributed by atoms with Crippen LogP contribution in [-0.2, 0) is 21.4 Å². The van der Waals surface area contributed by atoms with E-state index in [0.29, 0.717) is 43.9 Å². The Morgan fingerprint density at radius 1 is 1.17 bits per heavy atom. The summed E-state index contributed by atoms with van der Waals surface area (Å²) in [5, 5.41) is 0. The van der Waals surface area contributed by atoms with Crippen molar-refractivity contribution in [2.24, 2.45) is 5.92 Å². The lowest BCUT2D eigenvalue weighted by atomic mass is 9.94. The van der Waals surface area contributed by atoms with Crippen LogP contribution in [0.2, 0.25) is 0 Å². The third-order valence-corrected chi connectivity index (χ3v) is 7.37. The van der Waals surface area contributed by atoms with Crippen LogP contribution in [0.25, 0.3) is 0 Å². The molecule has 0 spiro atoms. The van der Waals surface area contributed by atoms with Gasteiger partial charge in [-0.15, -0.1) is 0 Å². The van der Waals surface area contributed by atoms with E-state index in [4.69, 9.17) is 0 Å². The molecule has 1 aliphatic rings. The molecule has 1 aliphatic heterocycles. The van der Waals surface area contributed by atoms with E-state index in [1.165, 1.54) is 0 Å². The molecule has 1 unspecified atom stereocenters. The van der Waals surface area contributed by atoms with E-state index >= 15 is 0 Å². The summed E-state index contributed by atoms with van der Waals surface area (Å²) in [7, 11) is -3.46. The number of pyridine rings is 1. The van der Waals surface area contributed by atoms with Crippen LogP contribution < -0.4 is 0 Å². The number of amides is 1. The Balaban J connectivity index is 1.55. The standard InChI is InChI=1S/C22H29N3O3S/c1-2-24(17-20-12-14-23-15-13-20)22(26)11-10-19-7-6-16-25(18-19)29(27,28)21-8-4-3-5-9-21/h3-5,8-9,12-15,19H,2,6-7,10-11,16-18H2,1H3. The molecule has 1 amide bonds. The molecule has 1 saturated heterocycles. The van der Waals surface area contributed by atoms with E-state index < -0.39 is 10.0 Å². The summed E-state index contributed by atoms with van der Waals surface area (Å²) in [5.74, 6) is 0.332. The second-order valence-corrected chi connectivity index (χ2v) is 9.42. The Morgan fingerprint density at radius 3 is 2.59 bits per heavy atom. The molecule has 3 rings (SSSR count). The van der Waals surface area contributed by atoms with Gasteiger partial charge in [-0.1, -0.05) is 18.2 Å². The lowest BCUT2D eigenvalue weighted by Gasteiger charge is -2.32. The van der Waals surface area contributed by atoms with Crippen LogP contribution in [0.1, 0.15) is 38.2 Å². The SMILES string of the molecule is CCN(Cc1ccncc1)C(=O)CCC1CCCN(S(=O)(=O)c2ccccc2)C1. The summed E-state index contributed by atoms with van der Waals surface area (Å²) >= 11 is 0. The van der Waals surface area contributed by atoms with Gasteiger partial charge in [0.15, 0.2) is 0 Å². The highest BCUT2D eigenvalue weighted by Gasteiger charge is 2.30. The molecule has 2 aromatic rings. The van der Waals surface area contributed by atoms with Crippen molar-refractivity contribution < 1.29 is 13.2 Å². The molecule has 7 heteroatoms. The summed E-state index contributed by atoms with van der Waals surface area (Å²) < 4.78 is 27.3. The van der Waals surface area contributed by atoms with Crippen LogP contribution in [0.4, 0.5) is 0 Å². The number of carbonyl (C=O) groups excluding carboxylic acids is 1. The van der Waals surface area contributed by atoms with E-state index in [-0.39, 0.29) is 11.8 Å².